The highest BCUT2D eigenvalue weighted by atomic mass is 19.3. The van der Waals surface area contributed by atoms with Gasteiger partial charge in [-0.3, -0.25) is 10.0 Å². The number of nitrogens with zero attached hydrogens (tertiary/aromatic N) is 3. The lowest BCUT2D eigenvalue weighted by atomic mass is 10.2. The van der Waals surface area contributed by atoms with Gasteiger partial charge in [0.1, 0.15) is 11.6 Å². The standard InChI is InChI=1S/C16H16FN5O/c1-3-11-9-14(19-15-8-10(2)21-22-15)20-16(18-11)12-6-4-5-7-13(12)23-17/h4-9H,3H2,1-2H3,(H2,18,19,20,21,22). The molecule has 0 radical (unpaired) electrons. The fourth-order valence-electron chi connectivity index (χ4n) is 2.21. The van der Waals surface area contributed by atoms with Crippen molar-refractivity contribution < 1.29 is 9.47 Å². The van der Waals surface area contributed by atoms with Gasteiger partial charge in [-0.1, -0.05) is 19.1 Å². The van der Waals surface area contributed by atoms with Crippen molar-refractivity contribution in [3.8, 4) is 17.1 Å². The van der Waals surface area contributed by atoms with Gasteiger partial charge >= 0.3 is 0 Å². The number of aryl methyl sites for hydroxylation is 2. The molecule has 2 N–H and O–H groups in total. The lowest BCUT2D eigenvalue weighted by molar-refractivity contribution is -0.00551. The molecule has 23 heavy (non-hydrogen) atoms. The van der Waals surface area contributed by atoms with E-state index in [-0.39, 0.29) is 5.75 Å². The largest absolute Gasteiger partial charge is 0.325 e. The van der Waals surface area contributed by atoms with Gasteiger partial charge < -0.3 is 5.32 Å². The molecule has 0 fully saturated rings. The van der Waals surface area contributed by atoms with Crippen LogP contribution in [0.5, 0.6) is 5.75 Å². The van der Waals surface area contributed by atoms with Crippen LogP contribution in [0.2, 0.25) is 0 Å². The van der Waals surface area contributed by atoms with E-state index in [0.29, 0.717) is 17.2 Å². The number of nitrogens with one attached hydrogen (secondary N) is 2. The van der Waals surface area contributed by atoms with Crippen molar-refractivity contribution in [1.82, 2.24) is 20.2 Å². The van der Waals surface area contributed by atoms with Crippen LogP contribution in [0.3, 0.4) is 0 Å². The van der Waals surface area contributed by atoms with E-state index in [4.69, 9.17) is 0 Å². The van der Waals surface area contributed by atoms with Gasteiger partial charge in [0.2, 0.25) is 0 Å². The van der Waals surface area contributed by atoms with Gasteiger partial charge in [0.05, 0.1) is 11.3 Å². The van der Waals surface area contributed by atoms with E-state index in [1.54, 1.807) is 18.2 Å². The number of halogens is 1. The molecule has 0 aliphatic carbocycles. The quantitative estimate of drug-likeness (QED) is 0.750. The minimum absolute atomic E-state index is 0.0871. The van der Waals surface area contributed by atoms with E-state index in [0.717, 1.165) is 23.6 Å². The van der Waals surface area contributed by atoms with Gasteiger partial charge in [0.25, 0.3) is 0 Å². The molecule has 0 saturated heterocycles. The topological polar surface area (TPSA) is 75.7 Å². The molecule has 0 amide bonds. The molecule has 2 heterocycles. The van der Waals surface area contributed by atoms with Gasteiger partial charge in [-0.05, 0) is 25.5 Å². The zero-order chi connectivity index (χ0) is 16.2. The molecule has 3 aromatic rings. The summed E-state index contributed by atoms with van der Waals surface area (Å²) in [6.45, 7) is 3.88. The Bertz CT molecular complexity index is 818. The number of aromatic nitrogens is 4. The minimum atomic E-state index is 0.0871. The summed E-state index contributed by atoms with van der Waals surface area (Å²) in [6, 6.07) is 10.4. The first kappa shape index (κ1) is 15.0. The summed E-state index contributed by atoms with van der Waals surface area (Å²) >= 11 is 0. The smallest absolute Gasteiger partial charge is 0.182 e. The molecule has 118 valence electrons. The Labute approximate surface area is 132 Å². The van der Waals surface area contributed by atoms with Crippen LogP contribution in [0.1, 0.15) is 18.3 Å². The highest BCUT2D eigenvalue weighted by Crippen LogP contribution is 2.29. The van der Waals surface area contributed by atoms with Crippen molar-refractivity contribution in [2.45, 2.75) is 20.3 Å². The van der Waals surface area contributed by atoms with Gasteiger partial charge in [0, 0.05) is 22.4 Å². The number of hydrogen-bond acceptors (Lipinski definition) is 5. The van der Waals surface area contributed by atoms with Crippen molar-refractivity contribution in [3.05, 3.63) is 47.8 Å². The first-order valence-electron chi connectivity index (χ1n) is 7.24. The van der Waals surface area contributed by atoms with Gasteiger partial charge in [-0.25, -0.2) is 9.97 Å². The molecule has 0 aliphatic heterocycles. The van der Waals surface area contributed by atoms with Gasteiger partial charge in [0.15, 0.2) is 11.6 Å². The molecule has 6 nitrogen and oxygen atoms in total. The maximum atomic E-state index is 12.7. The molecule has 0 unspecified atom stereocenters. The van der Waals surface area contributed by atoms with Crippen molar-refractivity contribution in [2.24, 2.45) is 0 Å². The van der Waals surface area contributed by atoms with Gasteiger partial charge in [-0.15, -0.1) is 0 Å². The molecule has 0 spiro atoms. The SMILES string of the molecule is CCc1cc(Nc2cc(C)n[nH]2)nc(-c2ccccc2OF)n1. The Hall–Kier alpha value is -2.96. The third-order valence-corrected chi connectivity index (χ3v) is 3.32. The Morgan fingerprint density at radius 2 is 2.04 bits per heavy atom. The molecular formula is C16H16FN5O. The molecular weight excluding hydrogens is 297 g/mol. The molecule has 2 aromatic heterocycles. The van der Waals surface area contributed by atoms with Crippen LogP contribution in [0.25, 0.3) is 11.4 Å². The Morgan fingerprint density at radius 1 is 1.22 bits per heavy atom. The third-order valence-electron chi connectivity index (χ3n) is 3.32. The van der Waals surface area contributed by atoms with Crippen LogP contribution in [-0.4, -0.2) is 20.2 Å². The number of H-pyrrole nitrogens is 1. The molecule has 0 bridgehead atoms. The predicted octanol–water partition coefficient (Wildman–Crippen LogP) is 3.74. The van der Waals surface area contributed by atoms with E-state index >= 15 is 0 Å². The van der Waals surface area contributed by atoms with Crippen LogP contribution >= 0.6 is 0 Å². The number of anilines is 2. The van der Waals surface area contributed by atoms with E-state index < -0.39 is 0 Å². The summed E-state index contributed by atoms with van der Waals surface area (Å²) in [5.41, 5.74) is 2.20. The third kappa shape index (κ3) is 3.28. The van der Waals surface area contributed by atoms with Crippen molar-refractivity contribution in [3.63, 3.8) is 0 Å². The monoisotopic (exact) mass is 313 g/mol. The lowest BCUT2D eigenvalue weighted by Crippen LogP contribution is -2.01. The van der Waals surface area contributed by atoms with Crippen molar-refractivity contribution in [2.75, 3.05) is 5.32 Å². The summed E-state index contributed by atoms with van der Waals surface area (Å²) in [5, 5.41) is 10.1. The minimum Gasteiger partial charge on any atom is -0.325 e. The van der Waals surface area contributed by atoms with E-state index in [1.165, 1.54) is 6.07 Å². The predicted molar refractivity (Wildman–Crippen MR) is 85.2 cm³/mol. The normalized spacial score (nSPS) is 10.6. The second-order valence-electron chi connectivity index (χ2n) is 5.04. The van der Waals surface area contributed by atoms with E-state index in [9.17, 15) is 4.53 Å². The number of para-hydroxylation sites is 1. The number of rotatable bonds is 5. The number of aromatic amines is 1. The summed E-state index contributed by atoms with van der Waals surface area (Å²) in [7, 11) is 0. The Kier molecular flexibility index (Phi) is 4.18. The van der Waals surface area contributed by atoms with Gasteiger partial charge in [-0.2, -0.15) is 5.10 Å². The van der Waals surface area contributed by atoms with Crippen molar-refractivity contribution >= 4 is 11.6 Å². The zero-order valence-electron chi connectivity index (χ0n) is 12.8. The summed E-state index contributed by atoms with van der Waals surface area (Å²) in [5.74, 6) is 1.81. The van der Waals surface area contributed by atoms with Crippen LogP contribution in [0.15, 0.2) is 36.4 Å². The van der Waals surface area contributed by atoms with Crippen LogP contribution in [0.4, 0.5) is 16.2 Å². The van der Waals surface area contributed by atoms with Crippen LogP contribution in [-0.2, 0) is 6.42 Å². The van der Waals surface area contributed by atoms with E-state index in [2.05, 4.69) is 30.4 Å². The Morgan fingerprint density at radius 3 is 2.74 bits per heavy atom. The maximum absolute atomic E-state index is 12.7. The second-order valence-corrected chi connectivity index (χ2v) is 5.04. The highest BCUT2D eigenvalue weighted by Gasteiger charge is 2.12. The molecule has 0 saturated carbocycles. The first-order valence-corrected chi connectivity index (χ1v) is 7.24. The number of benzene rings is 1. The molecule has 1 aromatic carbocycles. The highest BCUT2D eigenvalue weighted by molar-refractivity contribution is 5.66. The van der Waals surface area contributed by atoms with Crippen LogP contribution < -0.4 is 10.3 Å². The zero-order valence-corrected chi connectivity index (χ0v) is 12.8. The molecule has 0 atom stereocenters. The fraction of sp³-hybridized carbons (Fsp3) is 0.188. The summed E-state index contributed by atoms with van der Waals surface area (Å²) in [6.07, 6.45) is 0.727. The average Bonchev–Trinajstić information content (AvgIpc) is 2.99. The van der Waals surface area contributed by atoms with Crippen LogP contribution in [0, 0.1) is 6.92 Å². The number of hydrogen-bond donors (Lipinski definition) is 2. The van der Waals surface area contributed by atoms with Crippen molar-refractivity contribution in [1.29, 1.82) is 0 Å². The first-order chi connectivity index (χ1) is 11.2. The lowest BCUT2D eigenvalue weighted by Gasteiger charge is -2.09. The molecule has 3 rings (SSSR count). The fourth-order valence-corrected chi connectivity index (χ4v) is 2.21. The molecule has 0 aliphatic rings. The summed E-state index contributed by atoms with van der Waals surface area (Å²) < 4.78 is 12.7. The summed E-state index contributed by atoms with van der Waals surface area (Å²) in [4.78, 5) is 12.8. The average molecular weight is 313 g/mol. The van der Waals surface area contributed by atoms with E-state index in [1.807, 2.05) is 26.0 Å². The maximum Gasteiger partial charge on any atom is 0.182 e. The Balaban J connectivity index is 2.02. The molecule has 7 heteroatoms. The second kappa shape index (κ2) is 6.43.